The summed E-state index contributed by atoms with van der Waals surface area (Å²) < 4.78 is 10.7. The van der Waals surface area contributed by atoms with Crippen molar-refractivity contribution in [1.29, 1.82) is 0 Å². The van der Waals surface area contributed by atoms with E-state index >= 15 is 0 Å². The first-order chi connectivity index (χ1) is 9.24. The molecular formula is C14H19ClN2O2. The maximum absolute atomic E-state index is 6.15. The Bertz CT molecular complexity index is 463. The number of ether oxygens (including phenoxy) is 2. The Labute approximate surface area is 118 Å². The Morgan fingerprint density at radius 3 is 3.00 bits per heavy atom. The van der Waals surface area contributed by atoms with Gasteiger partial charge in [-0.1, -0.05) is 11.6 Å². The number of hydrogen-bond donors (Lipinski definition) is 1. The molecule has 1 heterocycles. The molecule has 0 unspecified atom stereocenters. The van der Waals surface area contributed by atoms with E-state index in [0.29, 0.717) is 10.8 Å². The highest BCUT2D eigenvalue weighted by molar-refractivity contribution is 6.32. The largest absolute Gasteiger partial charge is 0.454 e. The highest BCUT2D eigenvalue weighted by atomic mass is 35.5. The van der Waals surface area contributed by atoms with Gasteiger partial charge in [-0.15, -0.1) is 0 Å². The molecule has 0 aromatic heterocycles. The smallest absolute Gasteiger partial charge is 0.231 e. The molecule has 1 fully saturated rings. The lowest BCUT2D eigenvalue weighted by molar-refractivity contribution is 0.174. The Balaban J connectivity index is 1.48. The summed E-state index contributed by atoms with van der Waals surface area (Å²) in [5.74, 6) is 1.42. The zero-order chi connectivity index (χ0) is 13.2. The molecule has 1 saturated carbocycles. The van der Waals surface area contributed by atoms with E-state index in [1.807, 2.05) is 12.1 Å². The van der Waals surface area contributed by atoms with Gasteiger partial charge in [0.05, 0.1) is 5.02 Å². The molecule has 19 heavy (non-hydrogen) atoms. The van der Waals surface area contributed by atoms with Crippen LogP contribution in [0.3, 0.4) is 0 Å². The van der Waals surface area contributed by atoms with Gasteiger partial charge in [-0.25, -0.2) is 0 Å². The molecule has 0 atom stereocenters. The highest BCUT2D eigenvalue weighted by Gasteiger charge is 2.25. The second-order valence-corrected chi connectivity index (χ2v) is 5.61. The van der Waals surface area contributed by atoms with Gasteiger partial charge in [0.15, 0.2) is 11.5 Å². The van der Waals surface area contributed by atoms with Gasteiger partial charge in [-0.2, -0.15) is 0 Å². The third-order valence-corrected chi connectivity index (χ3v) is 3.91. The fourth-order valence-electron chi connectivity index (χ4n) is 2.31. The standard InChI is InChI=1S/C14H19ClN2O2/c1-17(11-2-3-11)5-4-16-8-10-6-12(15)14-13(7-10)18-9-19-14/h6-7,11,16H,2-5,8-9H2,1H3. The zero-order valence-corrected chi connectivity index (χ0v) is 11.9. The lowest BCUT2D eigenvalue weighted by atomic mass is 10.2. The third-order valence-electron chi connectivity index (χ3n) is 3.63. The molecule has 104 valence electrons. The second kappa shape index (κ2) is 5.57. The zero-order valence-electron chi connectivity index (χ0n) is 11.1. The van der Waals surface area contributed by atoms with Crippen LogP contribution in [0.2, 0.25) is 5.02 Å². The normalized spacial score (nSPS) is 17.2. The Morgan fingerprint density at radius 2 is 2.21 bits per heavy atom. The number of nitrogens with one attached hydrogen (secondary N) is 1. The van der Waals surface area contributed by atoms with E-state index in [0.717, 1.165) is 37.0 Å². The Morgan fingerprint density at radius 1 is 1.37 bits per heavy atom. The van der Waals surface area contributed by atoms with E-state index in [2.05, 4.69) is 17.3 Å². The lowest BCUT2D eigenvalue weighted by Gasteiger charge is -2.15. The first-order valence-electron chi connectivity index (χ1n) is 6.73. The molecule has 2 aliphatic rings. The van der Waals surface area contributed by atoms with Crippen LogP contribution in [-0.2, 0) is 6.54 Å². The molecule has 0 bridgehead atoms. The summed E-state index contributed by atoms with van der Waals surface area (Å²) in [6, 6.07) is 4.75. The van der Waals surface area contributed by atoms with E-state index in [4.69, 9.17) is 21.1 Å². The minimum atomic E-state index is 0.262. The number of nitrogens with zero attached hydrogens (tertiary/aromatic N) is 1. The third kappa shape index (κ3) is 3.14. The van der Waals surface area contributed by atoms with Crippen LogP contribution >= 0.6 is 11.6 Å². The van der Waals surface area contributed by atoms with E-state index in [1.54, 1.807) is 0 Å². The van der Waals surface area contributed by atoms with Crippen molar-refractivity contribution >= 4 is 11.6 Å². The van der Waals surface area contributed by atoms with Crippen molar-refractivity contribution in [2.24, 2.45) is 0 Å². The Kier molecular flexibility index (Phi) is 3.82. The topological polar surface area (TPSA) is 33.7 Å². The van der Waals surface area contributed by atoms with Crippen molar-refractivity contribution in [3.8, 4) is 11.5 Å². The van der Waals surface area contributed by atoms with Gasteiger partial charge in [-0.3, -0.25) is 0 Å². The average Bonchev–Trinajstić information content (AvgIpc) is 3.13. The Hall–Kier alpha value is -0.970. The first-order valence-corrected chi connectivity index (χ1v) is 7.11. The van der Waals surface area contributed by atoms with Crippen LogP contribution in [0.25, 0.3) is 0 Å². The monoisotopic (exact) mass is 282 g/mol. The van der Waals surface area contributed by atoms with Crippen LogP contribution < -0.4 is 14.8 Å². The predicted octanol–water partition coefficient (Wildman–Crippen LogP) is 2.25. The maximum atomic E-state index is 6.15. The number of benzene rings is 1. The van der Waals surface area contributed by atoms with Gasteiger partial charge in [0.2, 0.25) is 6.79 Å². The van der Waals surface area contributed by atoms with E-state index in [-0.39, 0.29) is 6.79 Å². The van der Waals surface area contributed by atoms with Gasteiger partial charge < -0.3 is 19.7 Å². The summed E-state index contributed by atoms with van der Waals surface area (Å²) in [5.41, 5.74) is 1.13. The molecule has 0 radical (unpaired) electrons. The summed E-state index contributed by atoms with van der Waals surface area (Å²) in [4.78, 5) is 2.42. The summed E-state index contributed by atoms with van der Waals surface area (Å²) >= 11 is 6.15. The highest BCUT2D eigenvalue weighted by Crippen LogP contribution is 2.39. The quantitative estimate of drug-likeness (QED) is 0.812. The number of rotatable bonds is 6. The summed E-state index contributed by atoms with van der Waals surface area (Å²) in [6.07, 6.45) is 2.71. The number of hydrogen-bond acceptors (Lipinski definition) is 4. The number of fused-ring (bicyclic) bond motifs is 1. The number of halogens is 1. The second-order valence-electron chi connectivity index (χ2n) is 5.20. The molecule has 1 aliphatic carbocycles. The van der Waals surface area contributed by atoms with Crippen LogP contribution in [0.4, 0.5) is 0 Å². The van der Waals surface area contributed by atoms with Crippen molar-refractivity contribution in [2.75, 3.05) is 26.9 Å². The van der Waals surface area contributed by atoms with Crippen molar-refractivity contribution in [3.63, 3.8) is 0 Å². The summed E-state index contributed by atoms with van der Waals surface area (Å²) in [5, 5.41) is 4.06. The molecule has 1 aromatic carbocycles. The van der Waals surface area contributed by atoms with Gasteiger partial charge in [0, 0.05) is 25.7 Å². The minimum absolute atomic E-state index is 0.262. The molecule has 3 rings (SSSR count). The molecule has 1 N–H and O–H groups in total. The van der Waals surface area contributed by atoms with E-state index < -0.39 is 0 Å². The van der Waals surface area contributed by atoms with Gasteiger partial charge in [0.25, 0.3) is 0 Å². The van der Waals surface area contributed by atoms with Crippen molar-refractivity contribution in [1.82, 2.24) is 10.2 Å². The van der Waals surface area contributed by atoms with Crippen LogP contribution in [0, 0.1) is 0 Å². The maximum Gasteiger partial charge on any atom is 0.231 e. The van der Waals surface area contributed by atoms with Gasteiger partial charge in [0.1, 0.15) is 0 Å². The van der Waals surface area contributed by atoms with Crippen LogP contribution in [0.15, 0.2) is 12.1 Å². The van der Waals surface area contributed by atoms with Gasteiger partial charge in [-0.05, 0) is 37.6 Å². The summed E-state index contributed by atoms with van der Waals surface area (Å²) in [6.45, 7) is 3.13. The molecule has 1 aromatic rings. The van der Waals surface area contributed by atoms with Crippen molar-refractivity contribution in [3.05, 3.63) is 22.7 Å². The van der Waals surface area contributed by atoms with Crippen LogP contribution in [0.1, 0.15) is 18.4 Å². The van der Waals surface area contributed by atoms with Crippen LogP contribution in [0.5, 0.6) is 11.5 Å². The minimum Gasteiger partial charge on any atom is -0.454 e. The fourth-order valence-corrected chi connectivity index (χ4v) is 2.60. The van der Waals surface area contributed by atoms with Crippen molar-refractivity contribution in [2.45, 2.75) is 25.4 Å². The molecule has 4 nitrogen and oxygen atoms in total. The fraction of sp³-hybridized carbons (Fsp3) is 0.571. The molecule has 0 saturated heterocycles. The average molecular weight is 283 g/mol. The van der Waals surface area contributed by atoms with E-state index in [9.17, 15) is 0 Å². The lowest BCUT2D eigenvalue weighted by Crippen LogP contribution is -2.30. The molecular weight excluding hydrogens is 264 g/mol. The van der Waals surface area contributed by atoms with Crippen molar-refractivity contribution < 1.29 is 9.47 Å². The molecule has 0 amide bonds. The first kappa shape index (κ1) is 13.0. The molecule has 5 heteroatoms. The molecule has 0 spiro atoms. The SMILES string of the molecule is CN(CCNCc1cc(Cl)c2c(c1)OCO2)C1CC1. The van der Waals surface area contributed by atoms with Crippen LogP contribution in [-0.4, -0.2) is 37.9 Å². The molecule has 1 aliphatic heterocycles. The summed E-state index contributed by atoms with van der Waals surface area (Å²) in [7, 11) is 2.19. The predicted molar refractivity (Wildman–Crippen MR) is 74.9 cm³/mol. The number of likely N-dealkylation sites (N-methyl/N-ethyl adjacent to an activating group) is 1. The van der Waals surface area contributed by atoms with E-state index in [1.165, 1.54) is 12.8 Å². The van der Waals surface area contributed by atoms with Gasteiger partial charge >= 0.3 is 0 Å².